The Balaban J connectivity index is 1.75. The Morgan fingerprint density at radius 3 is 2.65 bits per heavy atom. The van der Waals surface area contributed by atoms with Crippen LogP contribution >= 0.6 is 10.8 Å². The molecule has 2 heterocycles. The maximum Gasteiger partial charge on any atom is 0.256 e. The van der Waals surface area contributed by atoms with Gasteiger partial charge in [0.05, 0.1) is 10.5 Å². The third-order valence-electron chi connectivity index (χ3n) is 5.03. The zero-order valence-corrected chi connectivity index (χ0v) is 15.7. The van der Waals surface area contributed by atoms with E-state index in [0.717, 1.165) is 18.5 Å². The van der Waals surface area contributed by atoms with Crippen molar-refractivity contribution < 1.29 is 13.9 Å². The molecular weight excluding hydrogens is 350 g/mol. The lowest BCUT2D eigenvalue weighted by Gasteiger charge is -2.38. The summed E-state index contributed by atoms with van der Waals surface area (Å²) in [5.41, 5.74) is 5.43. The molecule has 1 aromatic heterocycles. The van der Waals surface area contributed by atoms with Gasteiger partial charge in [0.2, 0.25) is 0 Å². The monoisotopic (exact) mass is 373 g/mol. The van der Waals surface area contributed by atoms with Gasteiger partial charge in [0.15, 0.2) is 0 Å². The average molecular weight is 373 g/mol. The van der Waals surface area contributed by atoms with Gasteiger partial charge in [0, 0.05) is 36.7 Å². The van der Waals surface area contributed by atoms with Gasteiger partial charge in [-0.05, 0) is 61.6 Å². The summed E-state index contributed by atoms with van der Waals surface area (Å²) in [6, 6.07) is 7.17. The highest BCUT2D eigenvalue weighted by atomic mass is 32.3. The van der Waals surface area contributed by atoms with Crippen LogP contribution in [0.3, 0.4) is 0 Å². The first-order chi connectivity index (χ1) is 12.4. The van der Waals surface area contributed by atoms with Crippen molar-refractivity contribution in [2.45, 2.75) is 30.6 Å². The second-order valence-electron chi connectivity index (χ2n) is 6.99. The fraction of sp³-hybridized carbons (Fsp3) is 0.316. The van der Waals surface area contributed by atoms with Crippen LogP contribution < -0.4 is 5.32 Å². The van der Waals surface area contributed by atoms with Gasteiger partial charge in [-0.2, -0.15) is 0 Å². The zero-order chi connectivity index (χ0) is 18.5. The molecule has 0 fully saturated rings. The first kappa shape index (κ1) is 17.4. The molecule has 1 aliphatic carbocycles. The summed E-state index contributed by atoms with van der Waals surface area (Å²) in [5.74, 6) is -0.175. The minimum absolute atomic E-state index is 0.175. The fourth-order valence-electron chi connectivity index (χ4n) is 3.55. The summed E-state index contributed by atoms with van der Waals surface area (Å²) in [7, 11) is 0.179. The number of amides is 1. The van der Waals surface area contributed by atoms with Gasteiger partial charge in [-0.15, -0.1) is 10.8 Å². The summed E-state index contributed by atoms with van der Waals surface area (Å²) in [6.45, 7) is 0. The summed E-state index contributed by atoms with van der Waals surface area (Å²) < 4.78 is 22.2. The summed E-state index contributed by atoms with van der Waals surface area (Å²) in [5, 5.41) is 2.85. The van der Waals surface area contributed by atoms with Crippen molar-refractivity contribution >= 4 is 34.0 Å². The molecule has 26 heavy (non-hydrogen) atoms. The van der Waals surface area contributed by atoms with E-state index in [1.54, 1.807) is 32.3 Å². The Hall–Kier alpha value is -2.06. The van der Waals surface area contributed by atoms with Crippen LogP contribution in [0.1, 0.15) is 35.4 Å². The molecule has 7 heteroatoms. The van der Waals surface area contributed by atoms with E-state index in [4.69, 9.17) is 0 Å². The number of carbonyl (C=O) groups excluding carboxylic acids is 1. The van der Waals surface area contributed by atoms with Gasteiger partial charge in [0.1, 0.15) is 0 Å². The van der Waals surface area contributed by atoms with E-state index >= 15 is 0 Å². The van der Waals surface area contributed by atoms with Crippen LogP contribution in [-0.2, 0) is 17.6 Å². The van der Waals surface area contributed by atoms with Crippen molar-refractivity contribution in [2.75, 3.05) is 19.4 Å². The zero-order valence-electron chi connectivity index (χ0n) is 14.9. The second-order valence-corrected chi connectivity index (χ2v) is 9.23. The number of H-pyrrole nitrogens is 1. The van der Waals surface area contributed by atoms with Crippen molar-refractivity contribution in [1.82, 2.24) is 9.29 Å². The van der Waals surface area contributed by atoms with Crippen molar-refractivity contribution in [3.63, 3.8) is 0 Å². The Morgan fingerprint density at radius 1 is 1.15 bits per heavy atom. The lowest BCUT2D eigenvalue weighted by atomic mass is 9.98. The molecule has 0 bridgehead atoms. The van der Waals surface area contributed by atoms with Gasteiger partial charge in [-0.25, -0.2) is 4.31 Å². The first-order valence-electron chi connectivity index (χ1n) is 8.70. The number of hydrogen-bond acceptors (Lipinski definition) is 4. The van der Waals surface area contributed by atoms with Crippen LogP contribution in [0.2, 0.25) is 0 Å². The highest BCUT2D eigenvalue weighted by Gasteiger charge is 2.28. The molecule has 4 N–H and O–H groups in total. The summed E-state index contributed by atoms with van der Waals surface area (Å²) >= 11 is 0. The fourth-order valence-corrected chi connectivity index (χ4v) is 4.50. The number of hydrogen-bond donors (Lipinski definition) is 4. The average Bonchev–Trinajstić information content (AvgIpc) is 3.15. The molecule has 4 rings (SSSR count). The molecule has 0 radical (unpaired) electrons. The van der Waals surface area contributed by atoms with Gasteiger partial charge in [-0.1, -0.05) is 0 Å². The number of aryl methyl sites for hydroxylation is 2. The van der Waals surface area contributed by atoms with Crippen molar-refractivity contribution in [3.05, 3.63) is 46.8 Å². The number of benzene rings is 1. The lowest BCUT2D eigenvalue weighted by Crippen LogP contribution is -2.18. The molecule has 0 unspecified atom stereocenters. The number of anilines is 1. The molecule has 2 aliphatic rings. The topological polar surface area (TPSA) is 88.6 Å². The van der Waals surface area contributed by atoms with Crippen molar-refractivity contribution in [3.8, 4) is 0 Å². The van der Waals surface area contributed by atoms with Crippen LogP contribution in [0.5, 0.6) is 0 Å². The van der Waals surface area contributed by atoms with E-state index in [9.17, 15) is 13.9 Å². The molecule has 2 aromatic rings. The number of fused-ring (bicyclic) bond motifs is 2. The number of aromatic amines is 1. The number of nitrogens with zero attached hydrogens (tertiary/aromatic N) is 1. The summed E-state index contributed by atoms with van der Waals surface area (Å²) in [4.78, 5) is 16.3. The van der Waals surface area contributed by atoms with E-state index in [1.807, 2.05) is 6.08 Å². The molecule has 1 amide bonds. The molecule has 6 nitrogen and oxygen atoms in total. The molecular formula is C19H23N3O3S. The van der Waals surface area contributed by atoms with Gasteiger partial charge in [-0.3, -0.25) is 13.9 Å². The predicted octanol–water partition coefficient (Wildman–Crippen LogP) is 3.97. The highest BCUT2D eigenvalue weighted by Crippen LogP contribution is 2.51. The molecule has 0 saturated heterocycles. The highest BCUT2D eigenvalue weighted by molar-refractivity contribution is 8.22. The maximum atomic E-state index is 12.5. The van der Waals surface area contributed by atoms with Crippen LogP contribution in [0.4, 0.5) is 5.69 Å². The van der Waals surface area contributed by atoms with Gasteiger partial charge in [0.25, 0.3) is 5.91 Å². The van der Waals surface area contributed by atoms with Gasteiger partial charge >= 0.3 is 0 Å². The van der Waals surface area contributed by atoms with E-state index in [0.29, 0.717) is 21.7 Å². The largest absolute Gasteiger partial charge is 0.359 e. The molecule has 1 aromatic carbocycles. The molecule has 0 spiro atoms. The molecule has 0 atom stereocenters. The maximum absolute atomic E-state index is 12.5. The van der Waals surface area contributed by atoms with E-state index in [-0.39, 0.29) is 5.91 Å². The minimum Gasteiger partial charge on any atom is -0.359 e. The quantitative estimate of drug-likeness (QED) is 0.613. The third-order valence-corrected chi connectivity index (χ3v) is 6.94. The van der Waals surface area contributed by atoms with Crippen LogP contribution in [0, 0.1) is 0 Å². The lowest BCUT2D eigenvalue weighted by molar-refractivity contribution is -0.110. The van der Waals surface area contributed by atoms with E-state index in [1.165, 1.54) is 28.4 Å². The minimum atomic E-state index is -3.06. The second kappa shape index (κ2) is 6.28. The Bertz CT molecular complexity index is 891. The van der Waals surface area contributed by atoms with E-state index < -0.39 is 10.8 Å². The SMILES string of the molecule is CN(C)S(O)(O)c1ccc2c(c1)/C(=C/c1cc3c([nH]1)CCCC3)C(=O)N2. The van der Waals surface area contributed by atoms with Crippen LogP contribution in [0.25, 0.3) is 11.6 Å². The Kier molecular flexibility index (Phi) is 4.19. The normalized spacial score (nSPS) is 18.8. The number of nitrogens with one attached hydrogen (secondary N) is 2. The Morgan fingerprint density at radius 2 is 1.92 bits per heavy atom. The number of aromatic nitrogens is 1. The standard InChI is InChI=1S/C19H23N3O3S/c1-22(2)26(24,25)14-7-8-18-15(11-14)16(19(23)21-18)10-13-9-12-5-3-4-6-17(12)20-13/h7-11,20,24-25H,3-6H2,1-2H3,(H,21,23)/b16-10-. The third kappa shape index (κ3) is 2.87. The first-order valence-corrected chi connectivity index (χ1v) is 10.2. The summed E-state index contributed by atoms with van der Waals surface area (Å²) in [6.07, 6.45) is 6.38. The van der Waals surface area contributed by atoms with Crippen LogP contribution in [-0.4, -0.2) is 38.4 Å². The van der Waals surface area contributed by atoms with Crippen LogP contribution in [0.15, 0.2) is 29.2 Å². The van der Waals surface area contributed by atoms with Crippen molar-refractivity contribution in [2.24, 2.45) is 0 Å². The molecule has 0 saturated carbocycles. The molecule has 138 valence electrons. The van der Waals surface area contributed by atoms with Crippen molar-refractivity contribution in [1.29, 1.82) is 0 Å². The number of rotatable bonds is 3. The Labute approximate surface area is 154 Å². The van der Waals surface area contributed by atoms with Gasteiger partial charge < -0.3 is 10.3 Å². The smallest absolute Gasteiger partial charge is 0.256 e. The predicted molar refractivity (Wildman–Crippen MR) is 105 cm³/mol. The molecule has 1 aliphatic heterocycles. The number of carbonyl (C=O) groups is 1. The van der Waals surface area contributed by atoms with E-state index in [2.05, 4.69) is 16.4 Å².